The summed E-state index contributed by atoms with van der Waals surface area (Å²) in [5, 5.41) is 2.96. The van der Waals surface area contributed by atoms with E-state index < -0.39 is 0 Å². The Kier molecular flexibility index (Phi) is 6.10. The highest BCUT2D eigenvalue weighted by Crippen LogP contribution is 2.30. The van der Waals surface area contributed by atoms with Gasteiger partial charge in [-0.2, -0.15) is 0 Å². The second kappa shape index (κ2) is 8.06. The monoisotopic (exact) mass is 380 g/mol. The SMILES string of the molecule is CCOc1ccc(C(C)NC(=O)c2cc(Br)c[nH]2)cc1OCC. The lowest BCUT2D eigenvalue weighted by Crippen LogP contribution is -2.26. The third-order valence-corrected chi connectivity index (χ3v) is 3.77. The van der Waals surface area contributed by atoms with Gasteiger partial charge in [0.2, 0.25) is 0 Å². The number of ether oxygens (including phenoxy) is 2. The fourth-order valence-corrected chi connectivity index (χ4v) is 2.54. The molecule has 124 valence electrons. The minimum absolute atomic E-state index is 0.153. The maximum Gasteiger partial charge on any atom is 0.268 e. The number of halogens is 1. The fraction of sp³-hybridized carbons (Fsp3) is 0.353. The maximum absolute atomic E-state index is 12.2. The second-order valence-electron chi connectivity index (χ2n) is 5.00. The van der Waals surface area contributed by atoms with Gasteiger partial charge in [-0.05, 0) is 60.5 Å². The lowest BCUT2D eigenvalue weighted by atomic mass is 10.1. The van der Waals surface area contributed by atoms with Crippen molar-refractivity contribution in [3.63, 3.8) is 0 Å². The number of carbonyl (C=O) groups excluding carboxylic acids is 1. The number of carbonyl (C=O) groups is 1. The molecule has 0 aliphatic carbocycles. The van der Waals surface area contributed by atoms with Gasteiger partial charge in [0, 0.05) is 10.7 Å². The summed E-state index contributed by atoms with van der Waals surface area (Å²) < 4.78 is 12.0. The highest BCUT2D eigenvalue weighted by molar-refractivity contribution is 9.10. The van der Waals surface area contributed by atoms with Crippen LogP contribution in [0.25, 0.3) is 0 Å². The molecule has 1 aromatic carbocycles. The molecular weight excluding hydrogens is 360 g/mol. The van der Waals surface area contributed by atoms with E-state index in [1.807, 2.05) is 39.0 Å². The third kappa shape index (κ3) is 4.51. The van der Waals surface area contributed by atoms with E-state index in [9.17, 15) is 4.79 Å². The number of hydrogen-bond donors (Lipinski definition) is 2. The average molecular weight is 381 g/mol. The van der Waals surface area contributed by atoms with Crippen molar-refractivity contribution >= 4 is 21.8 Å². The lowest BCUT2D eigenvalue weighted by Gasteiger charge is -2.17. The summed E-state index contributed by atoms with van der Waals surface area (Å²) in [7, 11) is 0. The zero-order valence-electron chi connectivity index (χ0n) is 13.5. The van der Waals surface area contributed by atoms with Crippen molar-refractivity contribution in [3.05, 3.63) is 46.2 Å². The highest BCUT2D eigenvalue weighted by Gasteiger charge is 2.15. The summed E-state index contributed by atoms with van der Waals surface area (Å²) in [5.74, 6) is 1.25. The van der Waals surface area contributed by atoms with Crippen LogP contribution in [-0.4, -0.2) is 24.1 Å². The maximum atomic E-state index is 12.2. The first-order valence-electron chi connectivity index (χ1n) is 7.59. The van der Waals surface area contributed by atoms with E-state index >= 15 is 0 Å². The van der Waals surface area contributed by atoms with Crippen LogP contribution < -0.4 is 14.8 Å². The zero-order valence-corrected chi connectivity index (χ0v) is 15.1. The smallest absolute Gasteiger partial charge is 0.268 e. The van der Waals surface area contributed by atoms with Gasteiger partial charge < -0.3 is 19.8 Å². The molecule has 0 aliphatic rings. The van der Waals surface area contributed by atoms with Crippen molar-refractivity contribution in [2.75, 3.05) is 13.2 Å². The topological polar surface area (TPSA) is 63.3 Å². The second-order valence-corrected chi connectivity index (χ2v) is 5.91. The Morgan fingerprint density at radius 3 is 2.52 bits per heavy atom. The Labute approximate surface area is 144 Å². The number of aromatic amines is 1. The number of rotatable bonds is 7. The minimum atomic E-state index is -0.157. The predicted octanol–water partition coefficient (Wildman–Crippen LogP) is 4.07. The first-order valence-corrected chi connectivity index (χ1v) is 8.38. The van der Waals surface area contributed by atoms with E-state index in [4.69, 9.17) is 9.47 Å². The highest BCUT2D eigenvalue weighted by atomic mass is 79.9. The van der Waals surface area contributed by atoms with Crippen LogP contribution in [0.1, 0.15) is 42.9 Å². The van der Waals surface area contributed by atoms with Gasteiger partial charge in [-0.25, -0.2) is 0 Å². The molecule has 0 radical (unpaired) electrons. The fourth-order valence-electron chi connectivity index (χ4n) is 2.19. The van der Waals surface area contributed by atoms with E-state index in [1.165, 1.54) is 0 Å². The largest absolute Gasteiger partial charge is 0.490 e. The van der Waals surface area contributed by atoms with Gasteiger partial charge in [0.25, 0.3) is 5.91 Å². The molecule has 2 aromatic rings. The molecule has 0 saturated carbocycles. The quantitative estimate of drug-likeness (QED) is 0.760. The van der Waals surface area contributed by atoms with Crippen molar-refractivity contribution < 1.29 is 14.3 Å². The standard InChI is InChI=1S/C17H21BrN2O3/c1-4-22-15-7-6-12(8-16(15)23-5-2)11(3)20-17(21)14-9-13(18)10-19-14/h6-11,19H,4-5H2,1-3H3,(H,20,21). The van der Waals surface area contributed by atoms with Gasteiger partial charge in [0.1, 0.15) is 5.69 Å². The number of amides is 1. The van der Waals surface area contributed by atoms with Gasteiger partial charge >= 0.3 is 0 Å². The Morgan fingerprint density at radius 2 is 1.91 bits per heavy atom. The van der Waals surface area contributed by atoms with Crippen LogP contribution in [0.5, 0.6) is 11.5 Å². The van der Waals surface area contributed by atoms with Crippen LogP contribution in [0.2, 0.25) is 0 Å². The summed E-state index contributed by atoms with van der Waals surface area (Å²) in [6.07, 6.45) is 1.73. The molecule has 2 N–H and O–H groups in total. The van der Waals surface area contributed by atoms with Gasteiger partial charge in [-0.1, -0.05) is 6.07 Å². The van der Waals surface area contributed by atoms with Crippen molar-refractivity contribution in [3.8, 4) is 11.5 Å². The van der Waals surface area contributed by atoms with Crippen molar-refractivity contribution in [1.29, 1.82) is 0 Å². The Morgan fingerprint density at radius 1 is 1.22 bits per heavy atom. The van der Waals surface area contributed by atoms with Crippen LogP contribution in [0, 0.1) is 0 Å². The van der Waals surface area contributed by atoms with Crippen LogP contribution in [0.4, 0.5) is 0 Å². The molecule has 0 bridgehead atoms. The molecule has 5 nitrogen and oxygen atoms in total. The molecule has 0 saturated heterocycles. The first kappa shape index (κ1) is 17.4. The van der Waals surface area contributed by atoms with Crippen molar-refractivity contribution in [1.82, 2.24) is 10.3 Å². The normalized spacial score (nSPS) is 11.8. The van der Waals surface area contributed by atoms with Gasteiger partial charge in [0.05, 0.1) is 19.3 Å². The molecule has 0 aliphatic heterocycles. The number of benzene rings is 1. The molecule has 1 atom stereocenters. The van der Waals surface area contributed by atoms with Crippen LogP contribution in [0.3, 0.4) is 0 Å². The van der Waals surface area contributed by atoms with E-state index in [2.05, 4.69) is 26.2 Å². The molecule has 1 heterocycles. The molecular formula is C17H21BrN2O3. The van der Waals surface area contributed by atoms with Crippen LogP contribution in [-0.2, 0) is 0 Å². The molecule has 23 heavy (non-hydrogen) atoms. The van der Waals surface area contributed by atoms with E-state index in [-0.39, 0.29) is 11.9 Å². The molecule has 1 aromatic heterocycles. The Bertz CT molecular complexity index is 670. The van der Waals surface area contributed by atoms with E-state index in [0.29, 0.717) is 30.4 Å². The third-order valence-electron chi connectivity index (χ3n) is 3.31. The van der Waals surface area contributed by atoms with E-state index in [1.54, 1.807) is 12.3 Å². The van der Waals surface area contributed by atoms with Crippen LogP contribution >= 0.6 is 15.9 Å². The zero-order chi connectivity index (χ0) is 16.8. The molecule has 6 heteroatoms. The lowest BCUT2D eigenvalue weighted by molar-refractivity contribution is 0.0935. The Hall–Kier alpha value is -1.95. The minimum Gasteiger partial charge on any atom is -0.490 e. The average Bonchev–Trinajstić information content (AvgIpc) is 2.96. The van der Waals surface area contributed by atoms with Crippen molar-refractivity contribution in [2.45, 2.75) is 26.8 Å². The molecule has 1 unspecified atom stereocenters. The first-order chi connectivity index (χ1) is 11.0. The van der Waals surface area contributed by atoms with Crippen molar-refractivity contribution in [2.24, 2.45) is 0 Å². The molecule has 0 fully saturated rings. The number of hydrogen-bond acceptors (Lipinski definition) is 3. The number of H-pyrrole nitrogens is 1. The molecule has 0 spiro atoms. The summed E-state index contributed by atoms with van der Waals surface area (Å²) in [6.45, 7) is 6.92. The van der Waals surface area contributed by atoms with Gasteiger partial charge in [-0.15, -0.1) is 0 Å². The summed E-state index contributed by atoms with van der Waals surface area (Å²) in [4.78, 5) is 15.1. The van der Waals surface area contributed by atoms with Crippen LogP contribution in [0.15, 0.2) is 34.9 Å². The van der Waals surface area contributed by atoms with E-state index in [0.717, 1.165) is 10.0 Å². The summed E-state index contributed by atoms with van der Waals surface area (Å²) >= 11 is 3.32. The summed E-state index contributed by atoms with van der Waals surface area (Å²) in [5.41, 5.74) is 1.47. The van der Waals surface area contributed by atoms with Gasteiger partial charge in [-0.3, -0.25) is 4.79 Å². The van der Waals surface area contributed by atoms with Gasteiger partial charge in [0.15, 0.2) is 11.5 Å². The predicted molar refractivity (Wildman–Crippen MR) is 93.2 cm³/mol. The number of aromatic nitrogens is 1. The molecule has 1 amide bonds. The summed E-state index contributed by atoms with van der Waals surface area (Å²) in [6, 6.07) is 7.30. The number of nitrogens with one attached hydrogen (secondary N) is 2. The Balaban J connectivity index is 2.13. The molecule has 2 rings (SSSR count).